The van der Waals surface area contributed by atoms with E-state index in [9.17, 15) is 0 Å². The molecule has 0 aliphatic carbocycles. The molecule has 0 unspecified atom stereocenters. The highest BCUT2D eigenvalue weighted by atomic mass is 16.3. The molecule has 0 heterocycles. The van der Waals surface area contributed by atoms with E-state index in [0.29, 0.717) is 6.42 Å². The van der Waals surface area contributed by atoms with Crippen molar-refractivity contribution in [1.29, 1.82) is 0 Å². The first kappa shape index (κ1) is 8.37. The normalized spacial score (nSPS) is 11.6. The minimum Gasteiger partial charge on any atom is -0.396 e. The highest BCUT2D eigenvalue weighted by Gasteiger charge is 1.87. The third-order valence-electron chi connectivity index (χ3n) is 1.01. The SMILES string of the molecule is C=N/C(=C/CC)CCO. The number of allylic oxidation sites excluding steroid dienone is 1. The lowest BCUT2D eigenvalue weighted by Gasteiger charge is -1.94. The fraction of sp³-hybridized carbons (Fsp3) is 0.571. The fourth-order valence-electron chi connectivity index (χ4n) is 0.596. The van der Waals surface area contributed by atoms with Gasteiger partial charge in [0.05, 0.1) is 0 Å². The Bertz CT molecular complexity index is 107. The molecule has 0 atom stereocenters. The summed E-state index contributed by atoms with van der Waals surface area (Å²) in [5.41, 5.74) is 0.889. The maximum Gasteiger partial charge on any atom is 0.0486 e. The highest BCUT2D eigenvalue weighted by molar-refractivity contribution is 5.28. The molecule has 0 aromatic rings. The van der Waals surface area contributed by atoms with Crippen LogP contribution in [0.2, 0.25) is 0 Å². The number of aliphatic hydroxyl groups is 1. The van der Waals surface area contributed by atoms with Crippen molar-refractivity contribution in [3.63, 3.8) is 0 Å². The van der Waals surface area contributed by atoms with Crippen LogP contribution in [0.25, 0.3) is 0 Å². The Morgan fingerprint density at radius 3 is 2.78 bits per heavy atom. The van der Waals surface area contributed by atoms with E-state index in [0.717, 1.165) is 12.1 Å². The molecule has 0 fully saturated rings. The average molecular weight is 127 g/mol. The highest BCUT2D eigenvalue weighted by Crippen LogP contribution is 2.01. The second kappa shape index (κ2) is 5.51. The van der Waals surface area contributed by atoms with E-state index in [1.54, 1.807) is 0 Å². The van der Waals surface area contributed by atoms with Gasteiger partial charge >= 0.3 is 0 Å². The van der Waals surface area contributed by atoms with Gasteiger partial charge in [-0.15, -0.1) is 0 Å². The van der Waals surface area contributed by atoms with Gasteiger partial charge in [-0.2, -0.15) is 0 Å². The molecule has 1 N–H and O–H groups in total. The Hall–Kier alpha value is -0.630. The number of rotatable bonds is 4. The standard InChI is InChI=1S/C7H13NO/c1-3-4-7(8-2)5-6-9/h4,9H,2-3,5-6H2,1H3/b7-4+. The topological polar surface area (TPSA) is 32.6 Å². The van der Waals surface area contributed by atoms with E-state index >= 15 is 0 Å². The van der Waals surface area contributed by atoms with Crippen LogP contribution in [0.1, 0.15) is 19.8 Å². The van der Waals surface area contributed by atoms with Gasteiger partial charge in [-0.1, -0.05) is 13.0 Å². The number of nitrogens with zero attached hydrogens (tertiary/aromatic N) is 1. The summed E-state index contributed by atoms with van der Waals surface area (Å²) >= 11 is 0. The Morgan fingerprint density at radius 1 is 1.78 bits per heavy atom. The fourth-order valence-corrected chi connectivity index (χ4v) is 0.596. The molecule has 0 rings (SSSR count). The Morgan fingerprint density at radius 2 is 2.44 bits per heavy atom. The van der Waals surface area contributed by atoms with Crippen LogP contribution < -0.4 is 0 Å². The van der Waals surface area contributed by atoms with Crippen molar-refractivity contribution in [1.82, 2.24) is 0 Å². The first-order valence-corrected chi connectivity index (χ1v) is 3.11. The quantitative estimate of drug-likeness (QED) is 0.568. The molecule has 0 aromatic heterocycles. The molecule has 52 valence electrons. The molecule has 0 aromatic carbocycles. The number of aliphatic imine (C=N–C) groups is 1. The number of hydrogen-bond acceptors (Lipinski definition) is 2. The van der Waals surface area contributed by atoms with Crippen LogP contribution in [-0.2, 0) is 0 Å². The van der Waals surface area contributed by atoms with Crippen LogP contribution in [0.3, 0.4) is 0 Å². The van der Waals surface area contributed by atoms with Gasteiger partial charge in [-0.3, -0.25) is 4.99 Å². The van der Waals surface area contributed by atoms with Gasteiger partial charge in [-0.25, -0.2) is 0 Å². The molecule has 0 bridgehead atoms. The molecular formula is C7H13NO. The Balaban J connectivity index is 3.66. The average Bonchev–Trinajstić information content (AvgIpc) is 1.88. The van der Waals surface area contributed by atoms with Crippen molar-refractivity contribution >= 4 is 6.72 Å². The van der Waals surface area contributed by atoms with Crippen molar-refractivity contribution in [2.75, 3.05) is 6.61 Å². The summed E-state index contributed by atoms with van der Waals surface area (Å²) < 4.78 is 0. The van der Waals surface area contributed by atoms with Crippen molar-refractivity contribution in [3.05, 3.63) is 11.8 Å². The lowest BCUT2D eigenvalue weighted by atomic mass is 10.3. The van der Waals surface area contributed by atoms with Gasteiger partial charge in [-0.05, 0) is 13.1 Å². The molecule has 0 aliphatic rings. The van der Waals surface area contributed by atoms with Crippen LogP contribution in [0.5, 0.6) is 0 Å². The molecule has 9 heavy (non-hydrogen) atoms. The van der Waals surface area contributed by atoms with Crippen molar-refractivity contribution in [3.8, 4) is 0 Å². The minimum atomic E-state index is 0.158. The zero-order valence-corrected chi connectivity index (χ0v) is 5.80. The lowest BCUT2D eigenvalue weighted by Crippen LogP contribution is -1.84. The molecule has 2 nitrogen and oxygen atoms in total. The maximum atomic E-state index is 8.47. The smallest absolute Gasteiger partial charge is 0.0486 e. The Kier molecular flexibility index (Phi) is 5.12. The largest absolute Gasteiger partial charge is 0.396 e. The molecule has 0 saturated heterocycles. The third-order valence-corrected chi connectivity index (χ3v) is 1.01. The van der Waals surface area contributed by atoms with E-state index < -0.39 is 0 Å². The molecule has 0 radical (unpaired) electrons. The van der Waals surface area contributed by atoms with E-state index in [1.807, 2.05) is 13.0 Å². The summed E-state index contributed by atoms with van der Waals surface area (Å²) in [5.74, 6) is 0. The second-order valence-corrected chi connectivity index (χ2v) is 1.74. The van der Waals surface area contributed by atoms with Gasteiger partial charge < -0.3 is 5.11 Å². The lowest BCUT2D eigenvalue weighted by molar-refractivity contribution is 0.299. The third kappa shape index (κ3) is 3.91. The van der Waals surface area contributed by atoms with E-state index in [-0.39, 0.29) is 6.61 Å². The molecule has 0 spiro atoms. The molecule has 0 saturated carbocycles. The molecule has 0 aliphatic heterocycles. The van der Waals surface area contributed by atoms with Gasteiger partial charge in [0.25, 0.3) is 0 Å². The van der Waals surface area contributed by atoms with Crippen LogP contribution in [0.15, 0.2) is 16.8 Å². The van der Waals surface area contributed by atoms with E-state index in [1.165, 1.54) is 0 Å². The summed E-state index contributed by atoms with van der Waals surface area (Å²) in [6, 6.07) is 0. The van der Waals surface area contributed by atoms with Crippen LogP contribution in [0.4, 0.5) is 0 Å². The summed E-state index contributed by atoms with van der Waals surface area (Å²) in [6.07, 6.45) is 3.54. The number of aliphatic hydroxyl groups excluding tert-OH is 1. The summed E-state index contributed by atoms with van der Waals surface area (Å²) in [4.78, 5) is 3.72. The zero-order chi connectivity index (χ0) is 7.11. The van der Waals surface area contributed by atoms with E-state index in [4.69, 9.17) is 5.11 Å². The van der Waals surface area contributed by atoms with Crippen LogP contribution in [0, 0.1) is 0 Å². The number of hydrogen-bond donors (Lipinski definition) is 1. The predicted octanol–water partition coefficient (Wildman–Crippen LogP) is 1.36. The first-order valence-electron chi connectivity index (χ1n) is 3.11. The van der Waals surface area contributed by atoms with Gasteiger partial charge in [0, 0.05) is 18.7 Å². The summed E-state index contributed by atoms with van der Waals surface area (Å²) in [6.45, 7) is 5.56. The Labute approximate surface area is 55.9 Å². The summed E-state index contributed by atoms with van der Waals surface area (Å²) in [5, 5.41) is 8.47. The minimum absolute atomic E-state index is 0.158. The van der Waals surface area contributed by atoms with Crippen LogP contribution >= 0.6 is 0 Å². The van der Waals surface area contributed by atoms with Gasteiger partial charge in [0.2, 0.25) is 0 Å². The summed E-state index contributed by atoms with van der Waals surface area (Å²) in [7, 11) is 0. The molecular weight excluding hydrogens is 114 g/mol. The van der Waals surface area contributed by atoms with Crippen molar-refractivity contribution in [2.45, 2.75) is 19.8 Å². The van der Waals surface area contributed by atoms with Crippen LogP contribution in [-0.4, -0.2) is 18.4 Å². The monoisotopic (exact) mass is 127 g/mol. The van der Waals surface area contributed by atoms with E-state index in [2.05, 4.69) is 11.7 Å². The second-order valence-electron chi connectivity index (χ2n) is 1.74. The van der Waals surface area contributed by atoms with Gasteiger partial charge in [0.1, 0.15) is 0 Å². The predicted molar refractivity (Wildman–Crippen MR) is 39.6 cm³/mol. The zero-order valence-electron chi connectivity index (χ0n) is 5.80. The van der Waals surface area contributed by atoms with Gasteiger partial charge in [0.15, 0.2) is 0 Å². The first-order chi connectivity index (χ1) is 4.35. The molecule has 0 amide bonds. The van der Waals surface area contributed by atoms with Crippen molar-refractivity contribution < 1.29 is 5.11 Å². The molecule has 2 heteroatoms. The van der Waals surface area contributed by atoms with Crippen molar-refractivity contribution in [2.24, 2.45) is 4.99 Å². The maximum absolute atomic E-state index is 8.47.